The van der Waals surface area contributed by atoms with Gasteiger partial charge in [0, 0.05) is 12.1 Å². The first kappa shape index (κ1) is 16.1. The van der Waals surface area contributed by atoms with Crippen LogP contribution in [0.2, 0.25) is 0 Å². The van der Waals surface area contributed by atoms with Gasteiger partial charge in [0.05, 0.1) is 5.69 Å². The Morgan fingerprint density at radius 3 is 2.46 bits per heavy atom. The summed E-state index contributed by atoms with van der Waals surface area (Å²) in [6, 6.07) is 13.4. The minimum Gasteiger partial charge on any atom is -0.506 e. The van der Waals surface area contributed by atoms with E-state index in [9.17, 15) is 14.7 Å². The Bertz CT molecular complexity index is 786. The Balaban J connectivity index is 1.85. The molecule has 124 valence electrons. The molecule has 0 aliphatic carbocycles. The molecule has 5 heteroatoms. The zero-order valence-corrected chi connectivity index (χ0v) is 13.7. The van der Waals surface area contributed by atoms with Crippen molar-refractivity contribution in [1.82, 2.24) is 4.90 Å². The second kappa shape index (κ2) is 6.35. The van der Waals surface area contributed by atoms with E-state index in [4.69, 9.17) is 0 Å². The van der Waals surface area contributed by atoms with Gasteiger partial charge in [0.1, 0.15) is 11.8 Å². The predicted octanol–water partition coefficient (Wildman–Crippen LogP) is 3.01. The Hall–Kier alpha value is -2.82. The Morgan fingerprint density at radius 2 is 1.79 bits per heavy atom. The number of carbonyl (C=O) groups excluding carboxylic acids is 2. The van der Waals surface area contributed by atoms with E-state index in [1.54, 1.807) is 29.2 Å². The van der Waals surface area contributed by atoms with Gasteiger partial charge < -0.3 is 15.3 Å². The smallest absolute Gasteiger partial charge is 0.255 e. The zero-order chi connectivity index (χ0) is 17.3. The summed E-state index contributed by atoms with van der Waals surface area (Å²) in [5, 5.41) is 12.6. The first-order valence-electron chi connectivity index (χ1n) is 7.96. The average molecular weight is 324 g/mol. The maximum absolute atomic E-state index is 12.8. The molecule has 0 unspecified atom stereocenters. The van der Waals surface area contributed by atoms with Crippen molar-refractivity contribution in [3.05, 3.63) is 59.7 Å². The summed E-state index contributed by atoms with van der Waals surface area (Å²) in [6.45, 7) is 4.24. The summed E-state index contributed by atoms with van der Waals surface area (Å²) >= 11 is 0. The van der Waals surface area contributed by atoms with Crippen LogP contribution in [0.25, 0.3) is 0 Å². The third kappa shape index (κ3) is 2.85. The number of aromatic hydroxyl groups is 1. The van der Waals surface area contributed by atoms with E-state index in [1.807, 2.05) is 32.0 Å². The molecule has 2 amide bonds. The molecular formula is C19H20N2O3. The summed E-state index contributed by atoms with van der Waals surface area (Å²) in [5.41, 5.74) is 1.93. The maximum atomic E-state index is 12.8. The third-order valence-corrected chi connectivity index (χ3v) is 4.25. The Labute approximate surface area is 140 Å². The van der Waals surface area contributed by atoms with Crippen molar-refractivity contribution in [3.8, 4) is 5.75 Å². The fourth-order valence-electron chi connectivity index (χ4n) is 3.09. The van der Waals surface area contributed by atoms with Crippen LogP contribution in [-0.4, -0.2) is 27.9 Å². The molecule has 0 radical (unpaired) electrons. The highest BCUT2D eigenvalue weighted by molar-refractivity contribution is 6.04. The number of benzene rings is 2. The molecule has 0 saturated carbocycles. The molecule has 2 aromatic rings. The lowest BCUT2D eigenvalue weighted by Crippen LogP contribution is -2.47. The quantitative estimate of drug-likeness (QED) is 0.849. The van der Waals surface area contributed by atoms with Crippen LogP contribution in [0.5, 0.6) is 5.75 Å². The molecule has 1 heterocycles. The van der Waals surface area contributed by atoms with Crippen LogP contribution < -0.4 is 5.32 Å². The molecule has 2 N–H and O–H groups in total. The van der Waals surface area contributed by atoms with Crippen molar-refractivity contribution in [2.75, 3.05) is 5.32 Å². The molecule has 0 saturated heterocycles. The first-order valence-corrected chi connectivity index (χ1v) is 7.96. The standard InChI is InChI=1S/C19H20N2O3/c1-12(2)17(18(23)20-15-9-5-6-10-16(15)22)21-11-13-7-3-4-8-14(13)19(21)24/h3-10,12,17,22H,11H2,1-2H3,(H,20,23)/t17-/m1/s1. The van der Waals surface area contributed by atoms with E-state index in [0.717, 1.165) is 5.56 Å². The zero-order valence-electron chi connectivity index (χ0n) is 13.7. The minimum absolute atomic E-state index is 0.00407. The lowest BCUT2D eigenvalue weighted by atomic mass is 10.0. The number of phenols is 1. The van der Waals surface area contributed by atoms with Crippen molar-refractivity contribution < 1.29 is 14.7 Å². The number of rotatable bonds is 4. The van der Waals surface area contributed by atoms with E-state index < -0.39 is 6.04 Å². The van der Waals surface area contributed by atoms with Crippen molar-refractivity contribution in [3.63, 3.8) is 0 Å². The summed E-state index contributed by atoms with van der Waals surface area (Å²) < 4.78 is 0. The molecule has 1 aliphatic heterocycles. The molecule has 1 atom stereocenters. The average Bonchev–Trinajstić information content (AvgIpc) is 2.87. The van der Waals surface area contributed by atoms with Crippen LogP contribution in [0.15, 0.2) is 48.5 Å². The number of para-hydroxylation sites is 2. The molecule has 0 aromatic heterocycles. The first-order chi connectivity index (χ1) is 11.5. The number of phenolic OH excluding ortho intramolecular Hbond substituents is 1. The second-order valence-electron chi connectivity index (χ2n) is 6.29. The molecule has 0 spiro atoms. The van der Waals surface area contributed by atoms with Crippen LogP contribution in [-0.2, 0) is 11.3 Å². The van der Waals surface area contributed by atoms with E-state index in [2.05, 4.69) is 5.32 Å². The van der Waals surface area contributed by atoms with Gasteiger partial charge in [-0.15, -0.1) is 0 Å². The van der Waals surface area contributed by atoms with Crippen molar-refractivity contribution in [2.24, 2.45) is 5.92 Å². The van der Waals surface area contributed by atoms with Gasteiger partial charge in [-0.1, -0.05) is 44.2 Å². The van der Waals surface area contributed by atoms with Crippen LogP contribution in [0.3, 0.4) is 0 Å². The Morgan fingerprint density at radius 1 is 1.12 bits per heavy atom. The van der Waals surface area contributed by atoms with Crippen LogP contribution in [0, 0.1) is 5.92 Å². The SMILES string of the molecule is CC(C)[C@H](C(=O)Nc1ccccc1O)N1Cc2ccccc2C1=O. The predicted molar refractivity (Wildman–Crippen MR) is 91.7 cm³/mol. The third-order valence-electron chi connectivity index (χ3n) is 4.25. The fraction of sp³-hybridized carbons (Fsp3) is 0.263. The molecule has 0 fully saturated rings. The highest BCUT2D eigenvalue weighted by atomic mass is 16.3. The summed E-state index contributed by atoms with van der Waals surface area (Å²) in [4.78, 5) is 27.0. The summed E-state index contributed by atoms with van der Waals surface area (Å²) in [6.07, 6.45) is 0. The number of fused-ring (bicyclic) bond motifs is 1. The van der Waals surface area contributed by atoms with Gasteiger partial charge in [-0.05, 0) is 29.7 Å². The number of hydrogen-bond donors (Lipinski definition) is 2. The van der Waals surface area contributed by atoms with Gasteiger partial charge in [-0.2, -0.15) is 0 Å². The Kier molecular flexibility index (Phi) is 4.25. The van der Waals surface area contributed by atoms with Gasteiger partial charge in [0.15, 0.2) is 0 Å². The largest absolute Gasteiger partial charge is 0.506 e. The van der Waals surface area contributed by atoms with E-state index >= 15 is 0 Å². The molecule has 3 rings (SSSR count). The normalized spacial score (nSPS) is 14.6. The van der Waals surface area contributed by atoms with Crippen LogP contribution in [0.1, 0.15) is 29.8 Å². The topological polar surface area (TPSA) is 69.6 Å². The van der Waals surface area contributed by atoms with Gasteiger partial charge >= 0.3 is 0 Å². The summed E-state index contributed by atoms with van der Waals surface area (Å²) in [7, 11) is 0. The second-order valence-corrected chi connectivity index (χ2v) is 6.29. The van der Waals surface area contributed by atoms with Crippen LogP contribution in [0.4, 0.5) is 5.69 Å². The van der Waals surface area contributed by atoms with E-state index in [0.29, 0.717) is 17.8 Å². The highest BCUT2D eigenvalue weighted by Crippen LogP contribution is 2.28. The number of nitrogens with one attached hydrogen (secondary N) is 1. The molecule has 5 nitrogen and oxygen atoms in total. The lowest BCUT2D eigenvalue weighted by molar-refractivity contribution is -0.122. The van der Waals surface area contributed by atoms with Crippen molar-refractivity contribution in [1.29, 1.82) is 0 Å². The maximum Gasteiger partial charge on any atom is 0.255 e. The minimum atomic E-state index is -0.607. The molecule has 24 heavy (non-hydrogen) atoms. The molecule has 2 aromatic carbocycles. The fourth-order valence-corrected chi connectivity index (χ4v) is 3.09. The number of amides is 2. The highest BCUT2D eigenvalue weighted by Gasteiger charge is 2.38. The number of hydrogen-bond acceptors (Lipinski definition) is 3. The molecule has 0 bridgehead atoms. The van der Waals surface area contributed by atoms with Gasteiger partial charge in [-0.25, -0.2) is 0 Å². The number of anilines is 1. The summed E-state index contributed by atoms with van der Waals surface area (Å²) in [5.74, 6) is -0.483. The van der Waals surface area contributed by atoms with E-state index in [1.165, 1.54) is 6.07 Å². The van der Waals surface area contributed by atoms with Gasteiger partial charge in [-0.3, -0.25) is 9.59 Å². The molecular weight excluding hydrogens is 304 g/mol. The van der Waals surface area contributed by atoms with Crippen molar-refractivity contribution in [2.45, 2.75) is 26.4 Å². The monoisotopic (exact) mass is 324 g/mol. The van der Waals surface area contributed by atoms with E-state index in [-0.39, 0.29) is 23.5 Å². The van der Waals surface area contributed by atoms with Crippen molar-refractivity contribution >= 4 is 17.5 Å². The molecule has 1 aliphatic rings. The van der Waals surface area contributed by atoms with Crippen LogP contribution >= 0.6 is 0 Å². The lowest BCUT2D eigenvalue weighted by Gasteiger charge is -2.30. The number of carbonyl (C=O) groups is 2. The number of nitrogens with zero attached hydrogens (tertiary/aromatic N) is 1. The van der Waals surface area contributed by atoms with Gasteiger partial charge in [0.2, 0.25) is 5.91 Å². The van der Waals surface area contributed by atoms with Gasteiger partial charge in [0.25, 0.3) is 5.91 Å².